The first kappa shape index (κ1) is 12.0. The van der Waals surface area contributed by atoms with Crippen LogP contribution in [0.1, 0.15) is 11.1 Å². The van der Waals surface area contributed by atoms with Crippen LogP contribution in [0.4, 0.5) is 0 Å². The zero-order chi connectivity index (χ0) is 13.2. The molecule has 2 aromatic carbocycles. The Morgan fingerprint density at radius 1 is 1.05 bits per heavy atom. The zero-order valence-corrected chi connectivity index (χ0v) is 11.1. The van der Waals surface area contributed by atoms with Crippen molar-refractivity contribution in [3.63, 3.8) is 0 Å². The molecule has 2 nitrogen and oxygen atoms in total. The minimum Gasteiger partial charge on any atom is -0.361 e. The van der Waals surface area contributed by atoms with Gasteiger partial charge in [0, 0.05) is 17.1 Å². The van der Waals surface area contributed by atoms with Crippen LogP contribution < -0.4 is 5.73 Å². The lowest BCUT2D eigenvalue weighted by Crippen LogP contribution is -2.02. The van der Waals surface area contributed by atoms with Gasteiger partial charge in [-0.25, -0.2) is 0 Å². The molecule has 0 fully saturated rings. The largest absolute Gasteiger partial charge is 0.361 e. The summed E-state index contributed by atoms with van der Waals surface area (Å²) >= 11 is 0. The number of hydrogen-bond acceptors (Lipinski definition) is 1. The molecule has 3 aromatic rings. The van der Waals surface area contributed by atoms with Gasteiger partial charge in [0.1, 0.15) is 0 Å². The molecule has 0 unspecified atom stereocenters. The van der Waals surface area contributed by atoms with Gasteiger partial charge in [-0.15, -0.1) is 0 Å². The second-order valence-corrected chi connectivity index (χ2v) is 4.88. The van der Waals surface area contributed by atoms with Crippen LogP contribution in [0.5, 0.6) is 0 Å². The quantitative estimate of drug-likeness (QED) is 0.732. The third kappa shape index (κ3) is 2.04. The highest BCUT2D eigenvalue weighted by atomic mass is 14.7. The molecule has 0 amide bonds. The number of aromatic amines is 1. The smallest absolute Gasteiger partial charge is 0.0459 e. The molecule has 1 heterocycles. The van der Waals surface area contributed by atoms with E-state index in [1.54, 1.807) is 0 Å². The summed E-state index contributed by atoms with van der Waals surface area (Å²) in [4.78, 5) is 3.34. The summed E-state index contributed by atoms with van der Waals surface area (Å²) in [5, 5.41) is 1.33. The number of hydrogen-bond donors (Lipinski definition) is 2. The number of aromatic nitrogens is 1. The molecule has 0 atom stereocenters. The Bertz CT molecular complexity index is 696. The Hall–Kier alpha value is -2.06. The first-order chi connectivity index (χ1) is 9.31. The average Bonchev–Trinajstić information content (AvgIpc) is 2.85. The minimum atomic E-state index is 0.682. The molecular weight excluding hydrogens is 232 g/mol. The van der Waals surface area contributed by atoms with Crippen LogP contribution in [0.15, 0.2) is 48.7 Å². The van der Waals surface area contributed by atoms with Crippen molar-refractivity contribution in [2.24, 2.45) is 5.73 Å². The highest BCUT2D eigenvalue weighted by Crippen LogP contribution is 2.31. The monoisotopic (exact) mass is 250 g/mol. The molecule has 0 radical (unpaired) electrons. The summed E-state index contributed by atoms with van der Waals surface area (Å²) in [6, 6.07) is 14.9. The van der Waals surface area contributed by atoms with Crippen LogP contribution in [0.25, 0.3) is 22.0 Å². The van der Waals surface area contributed by atoms with Crippen LogP contribution >= 0.6 is 0 Å². The van der Waals surface area contributed by atoms with Crippen molar-refractivity contribution in [3.05, 3.63) is 59.8 Å². The second kappa shape index (κ2) is 4.90. The van der Waals surface area contributed by atoms with E-state index in [0.29, 0.717) is 6.54 Å². The molecule has 3 rings (SSSR count). The average molecular weight is 250 g/mol. The van der Waals surface area contributed by atoms with Gasteiger partial charge >= 0.3 is 0 Å². The molecule has 19 heavy (non-hydrogen) atoms. The van der Waals surface area contributed by atoms with Crippen molar-refractivity contribution in [1.82, 2.24) is 4.98 Å². The van der Waals surface area contributed by atoms with E-state index in [1.165, 1.54) is 33.2 Å². The number of nitrogens with one attached hydrogen (secondary N) is 1. The normalized spacial score (nSPS) is 11.1. The van der Waals surface area contributed by atoms with Crippen molar-refractivity contribution in [2.45, 2.75) is 13.3 Å². The van der Waals surface area contributed by atoms with Crippen molar-refractivity contribution in [3.8, 4) is 11.1 Å². The lowest BCUT2D eigenvalue weighted by atomic mass is 9.95. The topological polar surface area (TPSA) is 41.8 Å². The minimum absolute atomic E-state index is 0.682. The highest BCUT2D eigenvalue weighted by Gasteiger charge is 2.10. The lowest BCUT2D eigenvalue weighted by Gasteiger charge is -2.09. The molecule has 0 aliphatic heterocycles. The van der Waals surface area contributed by atoms with Crippen molar-refractivity contribution < 1.29 is 0 Å². The van der Waals surface area contributed by atoms with E-state index in [0.717, 1.165) is 6.42 Å². The molecule has 0 bridgehead atoms. The maximum absolute atomic E-state index is 5.70. The standard InChI is InChI=1S/C17H18N2/c1-12-15(13-5-3-2-4-6-13)7-8-16-17(12)14(9-10-18)11-19-16/h2-8,11,19H,9-10,18H2,1H3. The van der Waals surface area contributed by atoms with E-state index < -0.39 is 0 Å². The van der Waals surface area contributed by atoms with E-state index in [2.05, 4.69) is 54.5 Å². The van der Waals surface area contributed by atoms with E-state index in [4.69, 9.17) is 5.73 Å². The van der Waals surface area contributed by atoms with Crippen molar-refractivity contribution in [1.29, 1.82) is 0 Å². The summed E-state index contributed by atoms with van der Waals surface area (Å²) < 4.78 is 0. The Balaban J connectivity index is 2.22. The number of rotatable bonds is 3. The van der Waals surface area contributed by atoms with Gasteiger partial charge in [-0.3, -0.25) is 0 Å². The molecule has 96 valence electrons. The summed E-state index contributed by atoms with van der Waals surface area (Å²) in [5.41, 5.74) is 12.1. The van der Waals surface area contributed by atoms with E-state index in [-0.39, 0.29) is 0 Å². The van der Waals surface area contributed by atoms with Gasteiger partial charge in [0.05, 0.1) is 0 Å². The molecule has 3 N–H and O–H groups in total. The zero-order valence-electron chi connectivity index (χ0n) is 11.1. The first-order valence-corrected chi connectivity index (χ1v) is 6.66. The lowest BCUT2D eigenvalue weighted by molar-refractivity contribution is 0.976. The Morgan fingerprint density at radius 3 is 2.58 bits per heavy atom. The Labute approximate surface area is 113 Å². The van der Waals surface area contributed by atoms with Gasteiger partial charge < -0.3 is 10.7 Å². The number of H-pyrrole nitrogens is 1. The number of benzene rings is 2. The van der Waals surface area contributed by atoms with Crippen LogP contribution in [0.2, 0.25) is 0 Å². The van der Waals surface area contributed by atoms with Gasteiger partial charge in [-0.1, -0.05) is 36.4 Å². The maximum Gasteiger partial charge on any atom is 0.0459 e. The molecular formula is C17H18N2. The Kier molecular flexibility index (Phi) is 3.10. The van der Waals surface area contributed by atoms with Gasteiger partial charge in [-0.05, 0) is 48.2 Å². The predicted molar refractivity (Wildman–Crippen MR) is 81.2 cm³/mol. The summed E-state index contributed by atoms with van der Waals surface area (Å²) in [5.74, 6) is 0. The van der Waals surface area contributed by atoms with Crippen LogP contribution in [0, 0.1) is 6.92 Å². The highest BCUT2D eigenvalue weighted by molar-refractivity contribution is 5.92. The molecule has 0 saturated carbocycles. The van der Waals surface area contributed by atoms with Crippen molar-refractivity contribution >= 4 is 10.9 Å². The molecule has 0 spiro atoms. The van der Waals surface area contributed by atoms with Crippen LogP contribution in [-0.4, -0.2) is 11.5 Å². The molecule has 0 saturated heterocycles. The van der Waals surface area contributed by atoms with Gasteiger partial charge in [-0.2, -0.15) is 0 Å². The van der Waals surface area contributed by atoms with E-state index in [9.17, 15) is 0 Å². The summed E-state index contributed by atoms with van der Waals surface area (Å²) in [6.07, 6.45) is 3.00. The fourth-order valence-electron chi connectivity index (χ4n) is 2.77. The summed E-state index contributed by atoms with van der Waals surface area (Å²) in [6.45, 7) is 2.88. The van der Waals surface area contributed by atoms with Gasteiger partial charge in [0.2, 0.25) is 0 Å². The molecule has 0 aliphatic rings. The summed E-state index contributed by atoms with van der Waals surface area (Å²) in [7, 11) is 0. The molecule has 2 heteroatoms. The maximum atomic E-state index is 5.70. The molecule has 0 aliphatic carbocycles. The third-order valence-electron chi connectivity index (χ3n) is 3.69. The number of fused-ring (bicyclic) bond motifs is 1. The third-order valence-corrected chi connectivity index (χ3v) is 3.69. The van der Waals surface area contributed by atoms with E-state index >= 15 is 0 Å². The first-order valence-electron chi connectivity index (χ1n) is 6.66. The fourth-order valence-corrected chi connectivity index (χ4v) is 2.77. The fraction of sp³-hybridized carbons (Fsp3) is 0.176. The van der Waals surface area contributed by atoms with E-state index in [1.807, 2.05) is 6.07 Å². The van der Waals surface area contributed by atoms with Crippen molar-refractivity contribution in [2.75, 3.05) is 6.54 Å². The second-order valence-electron chi connectivity index (χ2n) is 4.88. The van der Waals surface area contributed by atoms with Gasteiger partial charge in [0.25, 0.3) is 0 Å². The predicted octanol–water partition coefficient (Wildman–Crippen LogP) is 3.64. The number of nitrogens with two attached hydrogens (primary N) is 1. The number of aryl methyl sites for hydroxylation is 1. The van der Waals surface area contributed by atoms with Crippen LogP contribution in [0.3, 0.4) is 0 Å². The molecule has 1 aromatic heterocycles. The SMILES string of the molecule is Cc1c(-c2ccccc2)ccc2[nH]cc(CCN)c12. The van der Waals surface area contributed by atoms with Gasteiger partial charge in [0.15, 0.2) is 0 Å². The Morgan fingerprint density at radius 2 is 1.84 bits per heavy atom. The van der Waals surface area contributed by atoms with Crippen LogP contribution in [-0.2, 0) is 6.42 Å².